The third-order valence-corrected chi connectivity index (χ3v) is 63.9. The topological polar surface area (TPSA) is 57.2 Å². The minimum absolute atomic E-state index is 0.412. The zero-order chi connectivity index (χ0) is 28.3. The van der Waals surface area contributed by atoms with Gasteiger partial charge in [0.15, 0.2) is 10.1 Å². The SMILES string of the molecule is C[P+]1(C)P(C2CCCCC2)P(C2CCCCC2)P(C2CCCCC2)P1C1CCCCC1.O=S(=O)([O-])C(F)(F)F. The van der Waals surface area contributed by atoms with E-state index in [0.29, 0.717) is 29.2 Å². The van der Waals surface area contributed by atoms with Gasteiger partial charge >= 0.3 is 5.51 Å². The molecular weight excluding hydrogens is 616 g/mol. The third-order valence-electron chi connectivity index (χ3n) is 9.52. The van der Waals surface area contributed by atoms with Crippen LogP contribution in [0, 0.1) is 0 Å². The van der Waals surface area contributed by atoms with Gasteiger partial charge in [-0.2, -0.15) is 13.2 Å². The van der Waals surface area contributed by atoms with E-state index in [-0.39, 0.29) is 0 Å². The molecule has 0 aromatic carbocycles. The molecular formula is C27H50F3O3P5S. The molecule has 0 N–H and O–H groups in total. The highest BCUT2D eigenvalue weighted by atomic mass is 33.0. The van der Waals surface area contributed by atoms with Crippen LogP contribution in [0.25, 0.3) is 0 Å². The molecule has 0 aromatic heterocycles. The molecule has 0 radical (unpaired) electrons. The molecule has 5 fully saturated rings. The van der Waals surface area contributed by atoms with Crippen LogP contribution in [0.1, 0.15) is 128 Å². The Morgan fingerprint density at radius 1 is 0.564 bits per heavy atom. The quantitative estimate of drug-likeness (QED) is 0.170. The molecule has 0 amide bonds. The molecule has 1 saturated heterocycles. The van der Waals surface area contributed by atoms with Crippen molar-refractivity contribution in [1.82, 2.24) is 0 Å². The van der Waals surface area contributed by atoms with Crippen molar-refractivity contribution in [3.63, 3.8) is 0 Å². The minimum atomic E-state index is -6.09. The average Bonchev–Trinajstić information content (AvgIpc) is 3.17. The third kappa shape index (κ3) is 8.32. The lowest BCUT2D eigenvalue weighted by Crippen LogP contribution is -2.21. The summed E-state index contributed by atoms with van der Waals surface area (Å²) in [6, 6.07) is 0. The number of rotatable bonds is 4. The number of alkyl halides is 3. The van der Waals surface area contributed by atoms with Crippen LogP contribution in [-0.4, -0.2) is 54.4 Å². The normalized spacial score (nSPS) is 34.4. The Balaban J connectivity index is 0.000000386. The monoisotopic (exact) mass is 666 g/mol. The molecule has 1 heterocycles. The fraction of sp³-hybridized carbons (Fsp3) is 1.00. The van der Waals surface area contributed by atoms with Gasteiger partial charge in [0.05, 0.1) is 34.6 Å². The van der Waals surface area contributed by atoms with Gasteiger partial charge in [-0.1, -0.05) is 77.0 Å². The molecule has 4 aliphatic carbocycles. The summed E-state index contributed by atoms with van der Waals surface area (Å²) in [6.45, 7) is 5.34. The fourth-order valence-electron chi connectivity index (χ4n) is 7.78. The number of halogens is 3. The first-order valence-corrected chi connectivity index (χ1v) is 28.7. The van der Waals surface area contributed by atoms with Gasteiger partial charge in [-0.3, -0.25) is 0 Å². The van der Waals surface area contributed by atoms with Crippen LogP contribution >= 0.6 is 35.8 Å². The Hall–Kier alpha value is 1.85. The molecule has 3 nitrogen and oxygen atoms in total. The molecule has 0 aromatic rings. The van der Waals surface area contributed by atoms with E-state index in [1.54, 1.807) is 128 Å². The lowest BCUT2D eigenvalue weighted by molar-refractivity contribution is -0.0517. The van der Waals surface area contributed by atoms with Crippen LogP contribution in [0.3, 0.4) is 0 Å². The Bertz CT molecular complexity index is 818. The van der Waals surface area contributed by atoms with E-state index in [0.717, 1.165) is 0 Å². The van der Waals surface area contributed by atoms with Gasteiger partial charge in [-0.15, -0.1) is 0 Å². The van der Waals surface area contributed by atoms with Crippen LogP contribution in [0.5, 0.6) is 0 Å². The molecule has 4 unspecified atom stereocenters. The Morgan fingerprint density at radius 3 is 1.03 bits per heavy atom. The van der Waals surface area contributed by atoms with Crippen molar-refractivity contribution in [1.29, 1.82) is 0 Å². The van der Waals surface area contributed by atoms with Crippen molar-refractivity contribution in [2.75, 3.05) is 13.3 Å². The van der Waals surface area contributed by atoms with E-state index < -0.39 is 22.3 Å². The van der Waals surface area contributed by atoms with Crippen LogP contribution in [0.2, 0.25) is 0 Å². The maximum Gasteiger partial charge on any atom is 0.485 e. The van der Waals surface area contributed by atoms with Gasteiger partial charge < -0.3 is 4.55 Å². The summed E-state index contributed by atoms with van der Waals surface area (Å²) >= 11 is 0. The van der Waals surface area contributed by atoms with Crippen LogP contribution in [0.15, 0.2) is 0 Å². The van der Waals surface area contributed by atoms with Crippen molar-refractivity contribution in [2.24, 2.45) is 0 Å². The van der Waals surface area contributed by atoms with Gasteiger partial charge in [-0.05, 0) is 77.3 Å². The van der Waals surface area contributed by atoms with Crippen molar-refractivity contribution < 1.29 is 26.1 Å². The van der Waals surface area contributed by atoms with Gasteiger partial charge in [0, 0.05) is 11.3 Å². The Morgan fingerprint density at radius 2 is 0.795 bits per heavy atom. The van der Waals surface area contributed by atoms with Crippen LogP contribution in [0.4, 0.5) is 13.2 Å². The predicted molar refractivity (Wildman–Crippen MR) is 170 cm³/mol. The maximum atomic E-state index is 10.7. The van der Waals surface area contributed by atoms with E-state index in [1.165, 1.54) is 22.6 Å². The van der Waals surface area contributed by atoms with Crippen molar-refractivity contribution in [2.45, 2.75) is 157 Å². The summed E-state index contributed by atoms with van der Waals surface area (Å²) in [5.74, 6) is 0. The lowest BCUT2D eigenvalue weighted by atomic mass is 10.0. The summed E-state index contributed by atoms with van der Waals surface area (Å²) in [5, 5.41) is 0. The molecule has 1 aliphatic heterocycles. The Labute approximate surface area is 241 Å². The molecule has 0 spiro atoms. The average molecular weight is 667 g/mol. The van der Waals surface area contributed by atoms with E-state index >= 15 is 0 Å². The second-order valence-electron chi connectivity index (χ2n) is 12.7. The number of hydrogen-bond donors (Lipinski definition) is 0. The zero-order valence-electron chi connectivity index (χ0n) is 24.0. The molecule has 0 bridgehead atoms. The highest BCUT2D eigenvalue weighted by Gasteiger charge is 2.68. The summed E-state index contributed by atoms with van der Waals surface area (Å²) in [7, 11) is -4.43. The van der Waals surface area contributed by atoms with Crippen molar-refractivity contribution in [3.05, 3.63) is 0 Å². The van der Waals surface area contributed by atoms with E-state index in [4.69, 9.17) is 13.0 Å². The second kappa shape index (κ2) is 14.8. The number of hydrogen-bond acceptors (Lipinski definition) is 3. The summed E-state index contributed by atoms with van der Waals surface area (Å²) < 4.78 is 58.9. The molecule has 4 saturated carbocycles. The largest absolute Gasteiger partial charge is 0.741 e. The molecule has 39 heavy (non-hydrogen) atoms. The molecule has 12 heteroatoms. The highest BCUT2D eigenvalue weighted by Crippen LogP contribution is 3.28. The molecule has 5 aliphatic rings. The van der Waals surface area contributed by atoms with Crippen molar-refractivity contribution >= 4 is 46.0 Å². The smallest absolute Gasteiger partial charge is 0.485 e. The summed E-state index contributed by atoms with van der Waals surface area (Å²) in [4.78, 5) is 0. The van der Waals surface area contributed by atoms with Gasteiger partial charge in [0.25, 0.3) is 0 Å². The second-order valence-corrected chi connectivity index (χ2v) is 43.3. The Kier molecular flexibility index (Phi) is 12.8. The van der Waals surface area contributed by atoms with Crippen LogP contribution in [-0.2, 0) is 10.1 Å². The first-order valence-electron chi connectivity index (χ1n) is 15.5. The summed E-state index contributed by atoms with van der Waals surface area (Å²) in [6.07, 6.45) is 32.4. The summed E-state index contributed by atoms with van der Waals surface area (Å²) in [5.41, 5.74) is -0.664. The highest BCUT2D eigenvalue weighted by molar-refractivity contribution is 9.12. The first-order chi connectivity index (χ1) is 18.4. The molecule has 5 rings (SSSR count). The standard InChI is InChI=1S/C26H50P5.CHF3O3S/c1-31(2)29(25-19-11-5-12-20-25)27(23-15-7-3-8-16-23)28(24-17-9-4-10-18-24)30(31)26-21-13-6-14-22-26;2-1(3,4)8(5,6)7/h23-26H,3-22H2,1-2H3;(H,5,6,7)/q+1;/p-1. The van der Waals surface area contributed by atoms with Gasteiger partial charge in [0.1, 0.15) is 0 Å². The van der Waals surface area contributed by atoms with E-state index in [1.807, 2.05) is 0 Å². The van der Waals surface area contributed by atoms with Crippen LogP contribution < -0.4 is 0 Å². The maximum absolute atomic E-state index is 10.7. The predicted octanol–water partition coefficient (Wildman–Crippen LogP) is 12.2. The molecule has 228 valence electrons. The zero-order valence-corrected chi connectivity index (χ0v) is 29.2. The van der Waals surface area contributed by atoms with E-state index in [9.17, 15) is 13.2 Å². The van der Waals surface area contributed by atoms with Gasteiger partial charge in [-0.25, -0.2) is 8.42 Å². The van der Waals surface area contributed by atoms with Gasteiger partial charge in [0.2, 0.25) is 0 Å². The first kappa shape index (κ1) is 33.7. The van der Waals surface area contributed by atoms with Crippen molar-refractivity contribution in [3.8, 4) is 0 Å². The minimum Gasteiger partial charge on any atom is -0.741 e. The lowest BCUT2D eigenvalue weighted by Gasteiger charge is -2.41. The fourth-order valence-corrected chi connectivity index (χ4v) is 98.5. The molecule has 4 atom stereocenters. The van der Waals surface area contributed by atoms with E-state index in [2.05, 4.69) is 13.3 Å².